The normalized spacial score (nSPS) is 17.0. The van der Waals surface area contributed by atoms with Gasteiger partial charge in [0.1, 0.15) is 17.8 Å². The molecule has 7 heteroatoms. The van der Waals surface area contributed by atoms with E-state index >= 15 is 0 Å². The zero-order chi connectivity index (χ0) is 17.8. The van der Waals surface area contributed by atoms with Crippen LogP contribution in [0.15, 0.2) is 29.1 Å². The lowest BCUT2D eigenvalue weighted by molar-refractivity contribution is 0.0313. The Balaban J connectivity index is 1.65. The standard InChI is InChI=1S/C18H26N4O3/c1-13(2)16(17-19-4-5-21(17)3)20-18(23)14-10-15(25-12-14)11-22-6-8-24-9-7-22/h4-5,10,12-13,16H,6-9,11H2,1-3H3,(H,20,23)/t16-/m1/s1. The molecule has 25 heavy (non-hydrogen) atoms. The Kier molecular flexibility index (Phi) is 5.55. The van der Waals surface area contributed by atoms with Crippen molar-refractivity contribution in [2.45, 2.75) is 26.4 Å². The molecule has 1 atom stereocenters. The van der Waals surface area contributed by atoms with E-state index in [1.165, 1.54) is 6.26 Å². The van der Waals surface area contributed by atoms with Gasteiger partial charge < -0.3 is 19.0 Å². The third-order valence-corrected chi connectivity index (χ3v) is 4.49. The number of carbonyl (C=O) groups is 1. The molecule has 1 saturated heterocycles. The van der Waals surface area contributed by atoms with Crippen molar-refractivity contribution in [2.75, 3.05) is 26.3 Å². The van der Waals surface area contributed by atoms with Gasteiger partial charge in [0.2, 0.25) is 0 Å². The fourth-order valence-corrected chi connectivity index (χ4v) is 2.99. The van der Waals surface area contributed by atoms with Gasteiger partial charge in [0.25, 0.3) is 5.91 Å². The van der Waals surface area contributed by atoms with Gasteiger partial charge in [-0.05, 0) is 12.0 Å². The zero-order valence-corrected chi connectivity index (χ0v) is 15.1. The van der Waals surface area contributed by atoms with E-state index < -0.39 is 0 Å². The molecule has 2 aromatic heterocycles. The van der Waals surface area contributed by atoms with Crippen LogP contribution >= 0.6 is 0 Å². The van der Waals surface area contributed by atoms with Crippen molar-refractivity contribution in [3.63, 3.8) is 0 Å². The summed E-state index contributed by atoms with van der Waals surface area (Å²) in [6, 6.07) is 1.67. The predicted molar refractivity (Wildman–Crippen MR) is 93.1 cm³/mol. The van der Waals surface area contributed by atoms with Crippen molar-refractivity contribution in [2.24, 2.45) is 13.0 Å². The molecule has 0 saturated carbocycles. The van der Waals surface area contributed by atoms with Crippen LogP contribution in [0.3, 0.4) is 0 Å². The number of aromatic nitrogens is 2. The minimum atomic E-state index is -0.148. The van der Waals surface area contributed by atoms with E-state index in [1.807, 2.05) is 23.9 Å². The van der Waals surface area contributed by atoms with Crippen molar-refractivity contribution in [1.82, 2.24) is 19.8 Å². The van der Waals surface area contributed by atoms with Crippen LogP contribution in [0.5, 0.6) is 0 Å². The minimum absolute atomic E-state index is 0.140. The molecule has 136 valence electrons. The van der Waals surface area contributed by atoms with Gasteiger partial charge in [-0.15, -0.1) is 0 Å². The van der Waals surface area contributed by atoms with E-state index in [0.29, 0.717) is 12.1 Å². The smallest absolute Gasteiger partial charge is 0.255 e. The van der Waals surface area contributed by atoms with Crippen LogP contribution in [0.2, 0.25) is 0 Å². The Hall–Kier alpha value is -2.12. The molecule has 1 amide bonds. The molecule has 0 bridgehead atoms. The van der Waals surface area contributed by atoms with Crippen LogP contribution in [0.4, 0.5) is 0 Å². The Morgan fingerprint density at radius 2 is 2.12 bits per heavy atom. The largest absolute Gasteiger partial charge is 0.467 e. The summed E-state index contributed by atoms with van der Waals surface area (Å²) in [5, 5.41) is 3.08. The summed E-state index contributed by atoms with van der Waals surface area (Å²) in [6.07, 6.45) is 5.16. The second-order valence-electron chi connectivity index (χ2n) is 6.78. The molecule has 0 spiro atoms. The van der Waals surface area contributed by atoms with Crippen molar-refractivity contribution >= 4 is 5.91 Å². The number of hydrogen-bond donors (Lipinski definition) is 1. The molecule has 0 aliphatic carbocycles. The fourth-order valence-electron chi connectivity index (χ4n) is 2.99. The molecular formula is C18H26N4O3. The summed E-state index contributed by atoms with van der Waals surface area (Å²) in [7, 11) is 1.93. The molecule has 0 aromatic carbocycles. The maximum atomic E-state index is 12.6. The number of furan rings is 1. The van der Waals surface area contributed by atoms with Crippen molar-refractivity contribution in [3.8, 4) is 0 Å². The second-order valence-corrected chi connectivity index (χ2v) is 6.78. The number of nitrogens with zero attached hydrogens (tertiary/aromatic N) is 3. The van der Waals surface area contributed by atoms with Crippen molar-refractivity contribution in [1.29, 1.82) is 0 Å². The molecule has 1 N–H and O–H groups in total. The number of amides is 1. The first-order chi connectivity index (χ1) is 12.0. The van der Waals surface area contributed by atoms with E-state index in [0.717, 1.165) is 37.9 Å². The predicted octanol–water partition coefficient (Wildman–Crippen LogP) is 1.97. The summed E-state index contributed by atoms with van der Waals surface area (Å²) >= 11 is 0. The molecule has 3 rings (SSSR count). The molecule has 1 aliphatic heterocycles. The lowest BCUT2D eigenvalue weighted by atomic mass is 10.0. The molecule has 1 aliphatic rings. The molecule has 7 nitrogen and oxygen atoms in total. The number of carbonyl (C=O) groups excluding carboxylic acids is 1. The average molecular weight is 346 g/mol. The number of hydrogen-bond acceptors (Lipinski definition) is 5. The molecular weight excluding hydrogens is 320 g/mol. The number of imidazole rings is 1. The average Bonchev–Trinajstić information content (AvgIpc) is 3.22. The number of aryl methyl sites for hydroxylation is 1. The SMILES string of the molecule is CC(C)[C@@H](NC(=O)c1coc(CN2CCOCC2)c1)c1nccn1C. The van der Waals surface area contributed by atoms with E-state index in [2.05, 4.69) is 29.0 Å². The quantitative estimate of drug-likeness (QED) is 0.866. The van der Waals surface area contributed by atoms with Crippen LogP contribution in [0.25, 0.3) is 0 Å². The van der Waals surface area contributed by atoms with Crippen molar-refractivity contribution < 1.29 is 13.9 Å². The van der Waals surface area contributed by atoms with Crippen LogP contribution in [0.1, 0.15) is 41.8 Å². The van der Waals surface area contributed by atoms with E-state index in [1.54, 1.807) is 6.20 Å². The van der Waals surface area contributed by atoms with Gasteiger partial charge in [0.15, 0.2) is 0 Å². The van der Waals surface area contributed by atoms with Gasteiger partial charge in [-0.1, -0.05) is 13.8 Å². The fraction of sp³-hybridized carbons (Fsp3) is 0.556. The maximum absolute atomic E-state index is 12.6. The van der Waals surface area contributed by atoms with Crippen LogP contribution in [-0.2, 0) is 18.3 Å². The highest BCUT2D eigenvalue weighted by Gasteiger charge is 2.23. The number of nitrogens with one attached hydrogen (secondary N) is 1. The molecule has 1 fully saturated rings. The van der Waals surface area contributed by atoms with Crippen LogP contribution < -0.4 is 5.32 Å². The van der Waals surface area contributed by atoms with Crippen LogP contribution in [-0.4, -0.2) is 46.7 Å². The first kappa shape index (κ1) is 17.7. The summed E-state index contributed by atoms with van der Waals surface area (Å²) in [5.41, 5.74) is 0.545. The number of morpholine rings is 1. The minimum Gasteiger partial charge on any atom is -0.467 e. The Morgan fingerprint density at radius 3 is 2.76 bits per heavy atom. The topological polar surface area (TPSA) is 72.5 Å². The highest BCUT2D eigenvalue weighted by atomic mass is 16.5. The first-order valence-corrected chi connectivity index (χ1v) is 8.70. The summed E-state index contributed by atoms with van der Waals surface area (Å²) < 4.78 is 12.9. The molecule has 3 heterocycles. The zero-order valence-electron chi connectivity index (χ0n) is 15.1. The Labute approximate surface area is 148 Å². The van der Waals surface area contributed by atoms with Crippen molar-refractivity contribution in [3.05, 3.63) is 41.9 Å². The molecule has 2 aromatic rings. The Bertz CT molecular complexity index is 701. The lowest BCUT2D eigenvalue weighted by Gasteiger charge is -2.25. The first-order valence-electron chi connectivity index (χ1n) is 8.70. The van der Waals surface area contributed by atoms with Gasteiger partial charge >= 0.3 is 0 Å². The monoisotopic (exact) mass is 346 g/mol. The third kappa shape index (κ3) is 4.29. The highest BCUT2D eigenvalue weighted by Crippen LogP contribution is 2.21. The third-order valence-electron chi connectivity index (χ3n) is 4.49. The van der Waals surface area contributed by atoms with E-state index in [9.17, 15) is 4.79 Å². The molecule has 0 unspecified atom stereocenters. The summed E-state index contributed by atoms with van der Waals surface area (Å²) in [6.45, 7) is 8.09. The molecule has 0 radical (unpaired) electrons. The van der Waals surface area contributed by atoms with E-state index in [4.69, 9.17) is 9.15 Å². The van der Waals surface area contributed by atoms with Gasteiger partial charge in [-0.3, -0.25) is 9.69 Å². The number of ether oxygens (including phenoxy) is 1. The van der Waals surface area contributed by atoms with Gasteiger partial charge in [0, 0.05) is 32.5 Å². The van der Waals surface area contributed by atoms with Gasteiger partial charge in [-0.25, -0.2) is 4.98 Å². The van der Waals surface area contributed by atoms with E-state index in [-0.39, 0.29) is 17.9 Å². The van der Waals surface area contributed by atoms with Crippen LogP contribution in [0, 0.1) is 5.92 Å². The summed E-state index contributed by atoms with van der Waals surface area (Å²) in [4.78, 5) is 19.3. The second kappa shape index (κ2) is 7.84. The maximum Gasteiger partial charge on any atom is 0.255 e. The number of rotatable bonds is 6. The lowest BCUT2D eigenvalue weighted by Crippen LogP contribution is -2.35. The highest BCUT2D eigenvalue weighted by molar-refractivity contribution is 5.94. The van der Waals surface area contributed by atoms with Gasteiger partial charge in [-0.2, -0.15) is 0 Å². The van der Waals surface area contributed by atoms with Gasteiger partial charge in [0.05, 0.1) is 31.4 Å². The summed E-state index contributed by atoms with van der Waals surface area (Å²) in [5.74, 6) is 1.73. The Morgan fingerprint density at radius 1 is 1.36 bits per heavy atom.